The molecule has 0 saturated carbocycles. The van der Waals surface area contributed by atoms with Gasteiger partial charge in [-0.05, 0) is 69.4 Å². The maximum Gasteiger partial charge on any atom is 0.228 e. The van der Waals surface area contributed by atoms with Crippen LogP contribution in [0.25, 0.3) is 11.3 Å². The summed E-state index contributed by atoms with van der Waals surface area (Å²) in [6.07, 6.45) is 5.50. The molecule has 2 aliphatic heterocycles. The Morgan fingerprint density at radius 1 is 1.00 bits per heavy atom. The maximum atomic E-state index is 13.9. The van der Waals surface area contributed by atoms with E-state index in [0.717, 1.165) is 73.9 Å². The lowest BCUT2D eigenvalue weighted by Crippen LogP contribution is -2.52. The van der Waals surface area contributed by atoms with E-state index in [4.69, 9.17) is 38.3 Å². The van der Waals surface area contributed by atoms with E-state index in [0.29, 0.717) is 23.4 Å². The Morgan fingerprint density at radius 3 is 2.53 bits per heavy atom. The van der Waals surface area contributed by atoms with Crippen LogP contribution in [-0.2, 0) is 6.42 Å². The molecule has 10 heteroatoms. The van der Waals surface area contributed by atoms with Crippen molar-refractivity contribution in [1.82, 2.24) is 15.0 Å². The zero-order chi connectivity index (χ0) is 26.8. The predicted molar refractivity (Wildman–Crippen MR) is 152 cm³/mol. The number of rotatable bonds is 7. The van der Waals surface area contributed by atoms with Crippen LogP contribution in [0, 0.1) is 5.82 Å². The number of aromatic nitrogens is 3. The third-order valence-electron chi connectivity index (χ3n) is 7.45. The molecule has 202 valence electrons. The minimum atomic E-state index is -0.448. The van der Waals surface area contributed by atoms with Crippen molar-refractivity contribution in [2.24, 2.45) is 0 Å². The Bertz CT molecular complexity index is 1290. The van der Waals surface area contributed by atoms with Gasteiger partial charge in [-0.2, -0.15) is 4.98 Å². The van der Waals surface area contributed by atoms with Crippen LogP contribution >= 0.6 is 23.2 Å². The van der Waals surface area contributed by atoms with Crippen LogP contribution in [0.2, 0.25) is 10.0 Å². The highest BCUT2D eigenvalue weighted by molar-refractivity contribution is 6.33. The van der Waals surface area contributed by atoms with Crippen LogP contribution in [0.3, 0.4) is 0 Å². The van der Waals surface area contributed by atoms with Gasteiger partial charge in [0.05, 0.1) is 15.7 Å². The van der Waals surface area contributed by atoms with E-state index in [-0.39, 0.29) is 17.7 Å². The number of hydrogen-bond donors (Lipinski definition) is 1. The fourth-order valence-corrected chi connectivity index (χ4v) is 5.83. The van der Waals surface area contributed by atoms with Crippen molar-refractivity contribution in [2.45, 2.75) is 51.6 Å². The number of aliphatic hydroxyl groups is 1. The normalized spacial score (nSPS) is 19.9. The summed E-state index contributed by atoms with van der Waals surface area (Å²) in [5.41, 5.74) is 2.51. The molecule has 3 aromatic rings. The first-order valence-corrected chi connectivity index (χ1v) is 14.0. The van der Waals surface area contributed by atoms with E-state index in [1.54, 1.807) is 12.1 Å². The molecule has 38 heavy (non-hydrogen) atoms. The molecule has 2 unspecified atom stereocenters. The summed E-state index contributed by atoms with van der Waals surface area (Å²) in [5, 5.41) is 9.81. The Labute approximate surface area is 233 Å². The van der Waals surface area contributed by atoms with Gasteiger partial charge in [0.1, 0.15) is 17.5 Å². The number of hydrogen-bond acceptors (Lipinski definition) is 7. The number of piperazine rings is 1. The van der Waals surface area contributed by atoms with Gasteiger partial charge in [0, 0.05) is 62.7 Å². The smallest absolute Gasteiger partial charge is 0.228 e. The number of aliphatic hydroxyl groups excluding tert-OH is 1. The van der Waals surface area contributed by atoms with Gasteiger partial charge in [0.2, 0.25) is 5.95 Å². The second kappa shape index (κ2) is 11.6. The first-order chi connectivity index (χ1) is 18.3. The topological polar surface area (TPSA) is 68.6 Å². The molecule has 0 bridgehead atoms. The van der Waals surface area contributed by atoms with Crippen molar-refractivity contribution in [2.75, 3.05) is 47.5 Å². The molecule has 1 N–H and O–H groups in total. The van der Waals surface area contributed by atoms with Crippen molar-refractivity contribution in [1.29, 1.82) is 0 Å². The van der Waals surface area contributed by atoms with Gasteiger partial charge in [0.15, 0.2) is 0 Å². The van der Waals surface area contributed by atoms with Crippen LogP contribution in [-0.4, -0.2) is 64.9 Å². The number of aryl methyl sites for hydroxylation is 1. The second-order valence-electron chi connectivity index (χ2n) is 10.2. The molecule has 0 aliphatic carbocycles. The van der Waals surface area contributed by atoms with Gasteiger partial charge in [0.25, 0.3) is 0 Å². The van der Waals surface area contributed by atoms with Gasteiger partial charge in [-0.3, -0.25) is 0 Å². The van der Waals surface area contributed by atoms with Crippen molar-refractivity contribution in [3.8, 4) is 11.3 Å². The molecular weight excluding hydrogens is 526 g/mol. The van der Waals surface area contributed by atoms with Gasteiger partial charge >= 0.3 is 0 Å². The summed E-state index contributed by atoms with van der Waals surface area (Å²) in [7, 11) is 0. The lowest BCUT2D eigenvalue weighted by Gasteiger charge is -2.41. The largest absolute Gasteiger partial charge is 0.396 e. The Kier molecular flexibility index (Phi) is 8.21. The van der Waals surface area contributed by atoms with Crippen molar-refractivity contribution < 1.29 is 9.50 Å². The summed E-state index contributed by atoms with van der Waals surface area (Å²) in [6, 6.07) is 9.14. The minimum absolute atomic E-state index is 0.0764. The summed E-state index contributed by atoms with van der Waals surface area (Å²) >= 11 is 12.7. The highest BCUT2D eigenvalue weighted by Gasteiger charge is 2.29. The molecule has 2 aromatic heterocycles. The maximum absolute atomic E-state index is 13.9. The quantitative estimate of drug-likeness (QED) is 0.404. The molecule has 0 spiro atoms. The van der Waals surface area contributed by atoms with Crippen LogP contribution < -0.4 is 14.7 Å². The summed E-state index contributed by atoms with van der Waals surface area (Å²) < 4.78 is 13.9. The first kappa shape index (κ1) is 26.9. The van der Waals surface area contributed by atoms with Gasteiger partial charge in [-0.15, -0.1) is 0 Å². The highest BCUT2D eigenvalue weighted by Crippen LogP contribution is 2.33. The third kappa shape index (κ3) is 5.67. The first-order valence-electron chi connectivity index (χ1n) is 13.2. The van der Waals surface area contributed by atoms with Crippen LogP contribution in [0.15, 0.2) is 36.5 Å². The standard InChI is InChI=1S/C28H33Cl2FN6O/c1-18-5-3-9-37(18)28-33-25(21-7-8-24(31)22(29)14-21)15-26(34-28)36-11-10-35(17-19(36)2)27-23(30)13-20(16-32-27)6-4-12-38/h7-8,13-16,18-19,38H,3-6,9-12,17H2,1-2H3. The molecule has 2 atom stereocenters. The van der Waals surface area contributed by atoms with Crippen LogP contribution in [0.4, 0.5) is 22.0 Å². The van der Waals surface area contributed by atoms with E-state index in [9.17, 15) is 4.39 Å². The molecule has 0 radical (unpaired) electrons. The summed E-state index contributed by atoms with van der Waals surface area (Å²) in [6.45, 7) is 7.65. The van der Waals surface area contributed by atoms with Crippen LogP contribution in [0.1, 0.15) is 38.7 Å². The van der Waals surface area contributed by atoms with E-state index >= 15 is 0 Å². The SMILES string of the molecule is CC1CN(c2ncc(CCCO)cc2Cl)CCN1c1cc(-c2ccc(F)c(Cl)c2)nc(N2CCCC2C)n1. The third-order valence-corrected chi connectivity index (χ3v) is 8.02. The molecule has 4 heterocycles. The molecular formula is C28H33Cl2FN6O. The minimum Gasteiger partial charge on any atom is -0.396 e. The zero-order valence-corrected chi connectivity index (χ0v) is 23.3. The Hall–Kier alpha value is -2.68. The van der Waals surface area contributed by atoms with Crippen molar-refractivity contribution in [3.63, 3.8) is 0 Å². The van der Waals surface area contributed by atoms with Crippen molar-refractivity contribution >= 4 is 40.8 Å². The summed E-state index contributed by atoms with van der Waals surface area (Å²) in [5.74, 6) is 1.87. The lowest BCUT2D eigenvalue weighted by molar-refractivity contribution is 0.288. The fraction of sp³-hybridized carbons (Fsp3) is 0.464. The van der Waals surface area contributed by atoms with Crippen molar-refractivity contribution in [3.05, 3.63) is 58.0 Å². The second-order valence-corrected chi connectivity index (χ2v) is 11.0. The van der Waals surface area contributed by atoms with E-state index in [1.165, 1.54) is 6.07 Å². The number of anilines is 3. The van der Waals surface area contributed by atoms with Gasteiger partial charge < -0.3 is 19.8 Å². The fourth-order valence-electron chi connectivity index (χ4n) is 5.34. The van der Waals surface area contributed by atoms with E-state index in [1.807, 2.05) is 18.3 Å². The average Bonchev–Trinajstić information content (AvgIpc) is 3.34. The molecule has 2 fully saturated rings. The zero-order valence-electron chi connectivity index (χ0n) is 21.7. The van der Waals surface area contributed by atoms with Gasteiger partial charge in [-0.25, -0.2) is 14.4 Å². The van der Waals surface area contributed by atoms with Gasteiger partial charge in [-0.1, -0.05) is 23.2 Å². The predicted octanol–water partition coefficient (Wildman–Crippen LogP) is 5.61. The lowest BCUT2D eigenvalue weighted by atomic mass is 10.1. The molecule has 1 aromatic carbocycles. The molecule has 0 amide bonds. The van der Waals surface area contributed by atoms with E-state index < -0.39 is 5.82 Å². The molecule has 5 rings (SSSR count). The molecule has 2 saturated heterocycles. The number of nitrogens with zero attached hydrogens (tertiary/aromatic N) is 6. The average molecular weight is 560 g/mol. The Balaban J connectivity index is 1.42. The summed E-state index contributed by atoms with van der Waals surface area (Å²) in [4.78, 5) is 21.3. The Morgan fingerprint density at radius 2 is 1.84 bits per heavy atom. The van der Waals surface area contributed by atoms with E-state index in [2.05, 4.69) is 33.5 Å². The number of pyridine rings is 1. The van der Waals surface area contributed by atoms with Crippen LogP contribution in [0.5, 0.6) is 0 Å². The highest BCUT2D eigenvalue weighted by atomic mass is 35.5. The molecule has 7 nitrogen and oxygen atoms in total. The number of benzene rings is 1. The molecule has 2 aliphatic rings. The monoisotopic (exact) mass is 558 g/mol. The number of halogens is 3.